The maximum atomic E-state index is 8.91. The number of hydrogen-bond acceptors (Lipinski definition) is 3. The number of anilines is 1. The lowest BCUT2D eigenvalue weighted by Gasteiger charge is -2.14. The average molecular weight is 276 g/mol. The Bertz CT molecular complexity index is 509. The van der Waals surface area contributed by atoms with Gasteiger partial charge in [0.25, 0.3) is 0 Å². The number of benzene rings is 1. The second kappa shape index (κ2) is 7.02. The van der Waals surface area contributed by atoms with Crippen LogP contribution in [0.25, 0.3) is 0 Å². The number of nitriles is 2. The summed E-state index contributed by atoms with van der Waals surface area (Å²) in [4.78, 5) is 0. The van der Waals surface area contributed by atoms with Gasteiger partial charge in [0.05, 0.1) is 33.8 Å². The first-order valence-corrected chi connectivity index (χ1v) is 6.71. The molecule has 1 rings (SSSR count). The zero-order valence-electron chi connectivity index (χ0n) is 11.3. The van der Waals surface area contributed by atoms with E-state index in [9.17, 15) is 0 Å². The van der Waals surface area contributed by atoms with Gasteiger partial charge in [-0.25, -0.2) is 0 Å². The zero-order valence-corrected chi connectivity index (χ0v) is 12.1. The fourth-order valence-electron chi connectivity index (χ4n) is 1.70. The largest absolute Gasteiger partial charge is 0.384 e. The van der Waals surface area contributed by atoms with E-state index in [0.717, 1.165) is 31.5 Å². The Kier molecular flexibility index (Phi) is 5.67. The first-order chi connectivity index (χ1) is 8.98. The average Bonchev–Trinajstić information content (AvgIpc) is 2.40. The molecular weight excluding hydrogens is 258 g/mol. The predicted octanol–water partition coefficient (Wildman–Crippen LogP) is 4.34. The third-order valence-corrected chi connectivity index (χ3v) is 3.27. The van der Waals surface area contributed by atoms with E-state index in [1.807, 2.05) is 13.8 Å². The van der Waals surface area contributed by atoms with Crippen LogP contribution in [0.1, 0.15) is 38.7 Å². The Labute approximate surface area is 119 Å². The van der Waals surface area contributed by atoms with Crippen molar-refractivity contribution in [3.63, 3.8) is 0 Å². The number of unbranched alkanes of at least 4 members (excludes halogenated alkanes) is 1. The van der Waals surface area contributed by atoms with Crippen molar-refractivity contribution in [3.8, 4) is 12.1 Å². The molecule has 0 bridgehead atoms. The summed E-state index contributed by atoms with van der Waals surface area (Å²) in [5, 5.41) is 21.6. The van der Waals surface area contributed by atoms with E-state index >= 15 is 0 Å². The lowest BCUT2D eigenvalue weighted by Crippen LogP contribution is -2.09. The van der Waals surface area contributed by atoms with Gasteiger partial charge in [0, 0.05) is 6.54 Å². The van der Waals surface area contributed by atoms with Crippen molar-refractivity contribution in [1.29, 1.82) is 10.5 Å². The highest BCUT2D eigenvalue weighted by Crippen LogP contribution is 2.24. The molecule has 0 aliphatic carbocycles. The second-order valence-electron chi connectivity index (χ2n) is 5.19. The van der Waals surface area contributed by atoms with E-state index in [1.165, 1.54) is 0 Å². The molecule has 0 radical (unpaired) electrons. The van der Waals surface area contributed by atoms with Crippen LogP contribution >= 0.6 is 11.6 Å². The molecule has 0 saturated carbocycles. The molecular formula is C15H18ClN3. The Hall–Kier alpha value is -1.71. The van der Waals surface area contributed by atoms with Crippen LogP contribution in [0.4, 0.5) is 5.69 Å². The summed E-state index contributed by atoms with van der Waals surface area (Å²) >= 11 is 6.05. The van der Waals surface area contributed by atoms with Crippen molar-refractivity contribution in [2.24, 2.45) is 5.41 Å². The summed E-state index contributed by atoms with van der Waals surface area (Å²) in [6.07, 6.45) is 2.85. The first-order valence-electron chi connectivity index (χ1n) is 6.33. The van der Waals surface area contributed by atoms with E-state index in [1.54, 1.807) is 18.2 Å². The van der Waals surface area contributed by atoms with Gasteiger partial charge >= 0.3 is 0 Å². The molecule has 1 aromatic carbocycles. The molecule has 0 amide bonds. The predicted molar refractivity (Wildman–Crippen MR) is 77.9 cm³/mol. The zero-order chi connectivity index (χ0) is 14.3. The van der Waals surface area contributed by atoms with E-state index in [4.69, 9.17) is 22.1 Å². The molecule has 100 valence electrons. The molecule has 0 aliphatic rings. The van der Waals surface area contributed by atoms with Crippen LogP contribution in [0.15, 0.2) is 18.2 Å². The first kappa shape index (κ1) is 15.3. The van der Waals surface area contributed by atoms with Crippen LogP contribution in [0.5, 0.6) is 0 Å². The molecule has 3 nitrogen and oxygen atoms in total. The highest BCUT2D eigenvalue weighted by Gasteiger charge is 2.15. The van der Waals surface area contributed by atoms with Crippen LogP contribution in [-0.4, -0.2) is 6.54 Å². The van der Waals surface area contributed by atoms with Gasteiger partial charge in [-0.15, -0.1) is 0 Å². The topological polar surface area (TPSA) is 59.6 Å². The smallest absolute Gasteiger partial charge is 0.0992 e. The molecule has 0 aliphatic heterocycles. The maximum Gasteiger partial charge on any atom is 0.0992 e. The minimum atomic E-state index is -0.252. The number of halogens is 1. The second-order valence-corrected chi connectivity index (χ2v) is 5.59. The summed E-state index contributed by atoms with van der Waals surface area (Å²) in [5.41, 5.74) is 1.14. The minimum Gasteiger partial charge on any atom is -0.384 e. The highest BCUT2D eigenvalue weighted by atomic mass is 35.5. The molecule has 1 aromatic rings. The SMILES string of the molecule is CC(C)(C#N)CCCCNc1cc(C#N)ccc1Cl. The molecule has 0 spiro atoms. The van der Waals surface area contributed by atoms with Crippen molar-refractivity contribution < 1.29 is 0 Å². The number of rotatable bonds is 6. The molecule has 0 saturated heterocycles. The van der Waals surface area contributed by atoms with E-state index in [0.29, 0.717) is 10.6 Å². The van der Waals surface area contributed by atoms with Crippen molar-refractivity contribution in [1.82, 2.24) is 0 Å². The normalized spacial score (nSPS) is 10.6. The van der Waals surface area contributed by atoms with Gasteiger partial charge in [0.1, 0.15) is 0 Å². The molecule has 4 heteroatoms. The van der Waals surface area contributed by atoms with Crippen LogP contribution < -0.4 is 5.32 Å². The van der Waals surface area contributed by atoms with Crippen molar-refractivity contribution >= 4 is 17.3 Å². The summed E-state index contributed by atoms with van der Waals surface area (Å²) in [7, 11) is 0. The van der Waals surface area contributed by atoms with E-state index in [-0.39, 0.29) is 5.41 Å². The third-order valence-electron chi connectivity index (χ3n) is 2.94. The van der Waals surface area contributed by atoms with Crippen molar-refractivity contribution in [2.45, 2.75) is 33.1 Å². The van der Waals surface area contributed by atoms with Crippen molar-refractivity contribution in [2.75, 3.05) is 11.9 Å². The molecule has 0 atom stereocenters. The molecule has 0 heterocycles. The van der Waals surface area contributed by atoms with Gasteiger partial charge in [-0.3, -0.25) is 0 Å². The summed E-state index contributed by atoms with van der Waals surface area (Å²) in [6.45, 7) is 4.69. The van der Waals surface area contributed by atoms with Crippen LogP contribution in [0.2, 0.25) is 5.02 Å². The Morgan fingerprint density at radius 2 is 2.00 bits per heavy atom. The van der Waals surface area contributed by atoms with Gasteiger partial charge < -0.3 is 5.32 Å². The third kappa shape index (κ3) is 5.20. The van der Waals surface area contributed by atoms with Crippen LogP contribution in [0, 0.1) is 28.1 Å². The van der Waals surface area contributed by atoms with Gasteiger partial charge in [-0.05, 0) is 44.9 Å². The monoisotopic (exact) mass is 275 g/mol. The number of nitrogens with one attached hydrogen (secondary N) is 1. The fraction of sp³-hybridized carbons (Fsp3) is 0.467. The van der Waals surface area contributed by atoms with Crippen LogP contribution in [0.3, 0.4) is 0 Å². The maximum absolute atomic E-state index is 8.91. The molecule has 0 aromatic heterocycles. The summed E-state index contributed by atoms with van der Waals surface area (Å²) < 4.78 is 0. The number of hydrogen-bond donors (Lipinski definition) is 1. The molecule has 19 heavy (non-hydrogen) atoms. The Morgan fingerprint density at radius 3 is 2.63 bits per heavy atom. The summed E-state index contributed by atoms with van der Waals surface area (Å²) in [6, 6.07) is 9.56. The summed E-state index contributed by atoms with van der Waals surface area (Å²) in [5.74, 6) is 0. The van der Waals surface area contributed by atoms with Gasteiger partial charge in [0.15, 0.2) is 0 Å². The lowest BCUT2D eigenvalue weighted by atomic mass is 9.89. The fourth-order valence-corrected chi connectivity index (χ4v) is 1.89. The van der Waals surface area contributed by atoms with Gasteiger partial charge in [0.2, 0.25) is 0 Å². The number of nitrogens with zero attached hydrogens (tertiary/aromatic N) is 2. The highest BCUT2D eigenvalue weighted by molar-refractivity contribution is 6.33. The van der Waals surface area contributed by atoms with Crippen LogP contribution in [-0.2, 0) is 0 Å². The van der Waals surface area contributed by atoms with Gasteiger partial charge in [-0.2, -0.15) is 10.5 Å². The van der Waals surface area contributed by atoms with E-state index < -0.39 is 0 Å². The molecule has 0 unspecified atom stereocenters. The van der Waals surface area contributed by atoms with Crippen molar-refractivity contribution in [3.05, 3.63) is 28.8 Å². The van der Waals surface area contributed by atoms with E-state index in [2.05, 4.69) is 17.5 Å². The Morgan fingerprint density at radius 1 is 1.26 bits per heavy atom. The van der Waals surface area contributed by atoms with Gasteiger partial charge in [-0.1, -0.05) is 18.0 Å². The standard InChI is InChI=1S/C15H18ClN3/c1-15(2,11-18)7-3-4-8-19-14-9-12(10-17)5-6-13(14)16/h5-6,9,19H,3-4,7-8H2,1-2H3. The molecule has 1 N–H and O–H groups in total. The molecule has 0 fully saturated rings. The lowest BCUT2D eigenvalue weighted by molar-refractivity contribution is 0.430. The Balaban J connectivity index is 2.38. The quantitative estimate of drug-likeness (QED) is 0.786. The minimum absolute atomic E-state index is 0.252.